The van der Waals surface area contributed by atoms with Crippen molar-refractivity contribution in [3.05, 3.63) is 29.6 Å². The Hall–Kier alpha value is -1.42. The fraction of sp³-hybridized carbons (Fsp3) is 0.533. The first-order valence-corrected chi connectivity index (χ1v) is 6.78. The molecule has 0 heterocycles. The third kappa shape index (κ3) is 5.39. The van der Waals surface area contributed by atoms with E-state index in [1.54, 1.807) is 12.1 Å². The monoisotopic (exact) mass is 267 g/mol. The van der Waals surface area contributed by atoms with Gasteiger partial charge < -0.3 is 10.1 Å². The smallest absolute Gasteiger partial charge is 0.164 e. The zero-order valence-corrected chi connectivity index (χ0v) is 11.7. The Morgan fingerprint density at radius 3 is 2.74 bits per heavy atom. The van der Waals surface area contributed by atoms with Gasteiger partial charge in [-0.3, -0.25) is 4.79 Å². The molecule has 106 valence electrons. The Kier molecular flexibility index (Phi) is 7.11. The number of ether oxygens (including phenoxy) is 1. The van der Waals surface area contributed by atoms with E-state index in [9.17, 15) is 9.18 Å². The molecule has 0 amide bonds. The van der Waals surface area contributed by atoms with Crippen molar-refractivity contribution in [2.45, 2.75) is 33.1 Å². The summed E-state index contributed by atoms with van der Waals surface area (Å²) in [5, 5.41) is 3.09. The summed E-state index contributed by atoms with van der Waals surface area (Å²) in [5.74, 6) is -0.739. The van der Waals surface area contributed by atoms with Crippen LogP contribution in [-0.2, 0) is 4.74 Å². The number of hydrogen-bond acceptors (Lipinski definition) is 3. The maximum atomic E-state index is 13.5. The summed E-state index contributed by atoms with van der Waals surface area (Å²) >= 11 is 0. The minimum Gasteiger partial charge on any atom is -0.384 e. The lowest BCUT2D eigenvalue weighted by Crippen LogP contribution is -2.10. The van der Waals surface area contributed by atoms with Crippen molar-refractivity contribution in [2.24, 2.45) is 0 Å². The first-order valence-electron chi connectivity index (χ1n) is 6.78. The molecule has 19 heavy (non-hydrogen) atoms. The van der Waals surface area contributed by atoms with E-state index < -0.39 is 5.82 Å². The van der Waals surface area contributed by atoms with Crippen LogP contribution >= 0.6 is 0 Å². The van der Waals surface area contributed by atoms with Gasteiger partial charge in [0.25, 0.3) is 0 Å². The lowest BCUT2D eigenvalue weighted by molar-refractivity contribution is 0.101. The molecule has 0 aliphatic heterocycles. The van der Waals surface area contributed by atoms with Gasteiger partial charge in [0, 0.05) is 25.4 Å². The van der Waals surface area contributed by atoms with Crippen molar-refractivity contribution in [3.8, 4) is 0 Å². The molecule has 0 atom stereocenters. The van der Waals surface area contributed by atoms with Gasteiger partial charge in [0.1, 0.15) is 5.82 Å². The van der Waals surface area contributed by atoms with Crippen molar-refractivity contribution >= 4 is 11.5 Å². The fourth-order valence-electron chi connectivity index (χ4n) is 1.78. The summed E-state index contributed by atoms with van der Waals surface area (Å²) in [4.78, 5) is 11.4. The van der Waals surface area contributed by atoms with Gasteiger partial charge in [-0.25, -0.2) is 4.39 Å². The number of benzene rings is 1. The van der Waals surface area contributed by atoms with E-state index in [1.165, 1.54) is 13.0 Å². The summed E-state index contributed by atoms with van der Waals surface area (Å²) in [7, 11) is 0. The van der Waals surface area contributed by atoms with Crippen LogP contribution in [0.5, 0.6) is 0 Å². The Morgan fingerprint density at radius 1 is 1.32 bits per heavy atom. The molecule has 0 unspecified atom stereocenters. The van der Waals surface area contributed by atoms with Gasteiger partial charge in [-0.2, -0.15) is 0 Å². The number of halogens is 1. The van der Waals surface area contributed by atoms with Crippen molar-refractivity contribution in [1.29, 1.82) is 0 Å². The predicted molar refractivity (Wildman–Crippen MR) is 75.2 cm³/mol. The second-order valence-corrected chi connectivity index (χ2v) is 4.46. The van der Waals surface area contributed by atoms with Crippen molar-refractivity contribution in [2.75, 3.05) is 25.1 Å². The number of anilines is 1. The Morgan fingerprint density at radius 2 is 2.05 bits per heavy atom. The lowest BCUT2D eigenvalue weighted by atomic mass is 10.1. The van der Waals surface area contributed by atoms with E-state index in [4.69, 9.17) is 4.74 Å². The average molecular weight is 267 g/mol. The second-order valence-electron chi connectivity index (χ2n) is 4.46. The van der Waals surface area contributed by atoms with Crippen LogP contribution in [0, 0.1) is 5.82 Å². The predicted octanol–water partition coefficient (Wildman–Crippen LogP) is 3.65. The maximum absolute atomic E-state index is 13.5. The molecule has 0 radical (unpaired) electrons. The Labute approximate surface area is 114 Å². The van der Waals surface area contributed by atoms with Gasteiger partial charge in [0.2, 0.25) is 0 Å². The molecule has 0 aromatic heterocycles. The number of unbranched alkanes of at least 4 members (excludes halogenated alkanes) is 1. The third-order valence-electron chi connectivity index (χ3n) is 2.79. The van der Waals surface area contributed by atoms with E-state index in [0.717, 1.165) is 25.9 Å². The number of rotatable bonds is 9. The average Bonchev–Trinajstić information content (AvgIpc) is 2.37. The van der Waals surface area contributed by atoms with Crippen molar-refractivity contribution in [1.82, 2.24) is 0 Å². The highest BCUT2D eigenvalue weighted by Gasteiger charge is 2.11. The molecule has 1 aromatic rings. The summed E-state index contributed by atoms with van der Waals surface area (Å²) in [5.41, 5.74) is 0.690. The van der Waals surface area contributed by atoms with Gasteiger partial charge in [-0.15, -0.1) is 0 Å². The molecule has 0 aliphatic rings. The third-order valence-corrected chi connectivity index (χ3v) is 2.79. The Balaban J connectivity index is 2.37. The normalized spacial score (nSPS) is 10.5. The molecule has 0 spiro atoms. The van der Waals surface area contributed by atoms with E-state index >= 15 is 0 Å². The number of hydrogen-bond donors (Lipinski definition) is 1. The van der Waals surface area contributed by atoms with E-state index in [-0.39, 0.29) is 11.3 Å². The minimum atomic E-state index is -0.475. The van der Waals surface area contributed by atoms with Crippen molar-refractivity contribution < 1.29 is 13.9 Å². The van der Waals surface area contributed by atoms with Crippen LogP contribution < -0.4 is 5.32 Å². The molecule has 0 saturated heterocycles. The van der Waals surface area contributed by atoms with Gasteiger partial charge in [-0.05, 0) is 31.9 Å². The van der Waals surface area contributed by atoms with Crippen LogP contribution in [0.25, 0.3) is 0 Å². The van der Waals surface area contributed by atoms with Gasteiger partial charge in [-0.1, -0.05) is 19.4 Å². The summed E-state index contributed by atoms with van der Waals surface area (Å²) in [6.07, 6.45) is 3.03. The molecule has 0 bridgehead atoms. The lowest BCUT2D eigenvalue weighted by Gasteiger charge is -2.11. The van der Waals surface area contributed by atoms with Crippen LogP contribution in [0.15, 0.2) is 18.2 Å². The minimum absolute atomic E-state index is 0.134. The van der Waals surface area contributed by atoms with Gasteiger partial charge in [0.05, 0.1) is 5.56 Å². The first-order chi connectivity index (χ1) is 9.16. The van der Waals surface area contributed by atoms with Crippen LogP contribution in [0.1, 0.15) is 43.5 Å². The molecule has 1 aromatic carbocycles. The highest BCUT2D eigenvalue weighted by molar-refractivity contribution is 5.99. The highest BCUT2D eigenvalue weighted by atomic mass is 19.1. The van der Waals surface area contributed by atoms with E-state index in [1.807, 2.05) is 0 Å². The fourth-order valence-corrected chi connectivity index (χ4v) is 1.78. The summed E-state index contributed by atoms with van der Waals surface area (Å²) in [6, 6.07) is 4.62. The number of nitrogens with one attached hydrogen (secondary N) is 1. The van der Waals surface area contributed by atoms with Gasteiger partial charge >= 0.3 is 0 Å². The molecular weight excluding hydrogens is 245 g/mol. The largest absolute Gasteiger partial charge is 0.384 e. The zero-order chi connectivity index (χ0) is 14.1. The molecule has 1 N–H and O–H groups in total. The molecule has 0 fully saturated rings. The summed E-state index contributed by atoms with van der Waals surface area (Å²) < 4.78 is 19.0. The quantitative estimate of drug-likeness (QED) is 0.548. The first kappa shape index (κ1) is 15.6. The second kappa shape index (κ2) is 8.64. The highest BCUT2D eigenvalue weighted by Crippen LogP contribution is 2.19. The number of carbonyl (C=O) groups excluding carboxylic acids is 1. The van der Waals surface area contributed by atoms with Crippen molar-refractivity contribution in [3.63, 3.8) is 0 Å². The molecule has 1 rings (SSSR count). The Bertz CT molecular complexity index is 407. The number of Topliss-reactive ketones (excluding diaryl/α,β-unsaturated/α-hetero) is 1. The molecular formula is C15H22FNO2. The number of ketones is 1. The molecule has 4 heteroatoms. The van der Waals surface area contributed by atoms with Crippen LogP contribution in [0.4, 0.5) is 10.1 Å². The SMILES string of the molecule is CCCCOCCCNc1cccc(F)c1C(C)=O. The van der Waals surface area contributed by atoms with Crippen LogP contribution in [0.3, 0.4) is 0 Å². The standard InChI is InChI=1S/C15H22FNO2/c1-3-4-10-19-11-6-9-17-14-8-5-7-13(16)15(14)12(2)18/h5,7-8,17H,3-4,6,9-11H2,1-2H3. The maximum Gasteiger partial charge on any atom is 0.164 e. The van der Waals surface area contributed by atoms with Gasteiger partial charge in [0.15, 0.2) is 5.78 Å². The topological polar surface area (TPSA) is 38.3 Å². The molecule has 3 nitrogen and oxygen atoms in total. The van der Waals surface area contributed by atoms with Crippen LogP contribution in [-0.4, -0.2) is 25.5 Å². The molecule has 0 saturated carbocycles. The zero-order valence-electron chi connectivity index (χ0n) is 11.7. The van der Waals surface area contributed by atoms with Crippen LogP contribution in [0.2, 0.25) is 0 Å². The number of carbonyl (C=O) groups is 1. The summed E-state index contributed by atoms with van der Waals surface area (Å²) in [6.45, 7) is 5.62. The van der Waals surface area contributed by atoms with E-state index in [2.05, 4.69) is 12.2 Å². The molecule has 0 aliphatic carbocycles. The van der Waals surface area contributed by atoms with E-state index in [0.29, 0.717) is 18.8 Å².